The molecule has 2 aliphatic rings. The van der Waals surface area contributed by atoms with Gasteiger partial charge in [-0.3, -0.25) is 19.2 Å². The van der Waals surface area contributed by atoms with Gasteiger partial charge in [-0.15, -0.1) is 0 Å². The van der Waals surface area contributed by atoms with Crippen molar-refractivity contribution in [3.05, 3.63) is 119 Å². The number of hydrogen-bond donors (Lipinski definition) is 4. The fourth-order valence-corrected chi connectivity index (χ4v) is 6.80. The third-order valence-corrected chi connectivity index (χ3v) is 10.1. The van der Waals surface area contributed by atoms with E-state index in [0.29, 0.717) is 53.5 Å². The van der Waals surface area contributed by atoms with Crippen LogP contribution in [0.25, 0.3) is 22.3 Å². The van der Waals surface area contributed by atoms with Gasteiger partial charge in [0.1, 0.15) is 0 Å². The lowest BCUT2D eigenvalue weighted by molar-refractivity contribution is -0.143. The van der Waals surface area contributed by atoms with Crippen LogP contribution >= 0.6 is 11.6 Å². The van der Waals surface area contributed by atoms with Crippen LogP contribution < -0.4 is 11.1 Å². The SMILES string of the molecule is NC1CCC(C(=O)O)CC1.O=C(Cl)c1ccccc1-c1ccc(C(F)(F)F)cc1.O=C(NC1CCC(C(=O)O)CC1)c1ccccc1-c1ccc(C(F)(F)F)cc1. The van der Waals surface area contributed by atoms with Crippen LogP contribution in [0.3, 0.4) is 0 Å². The van der Waals surface area contributed by atoms with Crippen LogP contribution in [-0.4, -0.2) is 45.4 Å². The summed E-state index contributed by atoms with van der Waals surface area (Å²) in [6.07, 6.45) is -3.32. The lowest BCUT2D eigenvalue weighted by Crippen LogP contribution is -2.38. The molecule has 57 heavy (non-hydrogen) atoms. The lowest BCUT2D eigenvalue weighted by atomic mass is 9.86. The third kappa shape index (κ3) is 12.9. The number of amides is 1. The van der Waals surface area contributed by atoms with Crippen molar-refractivity contribution in [2.45, 2.75) is 75.8 Å². The van der Waals surface area contributed by atoms with E-state index in [9.17, 15) is 45.5 Å². The maximum absolute atomic E-state index is 12.8. The molecule has 0 saturated heterocycles. The van der Waals surface area contributed by atoms with Crippen molar-refractivity contribution in [1.82, 2.24) is 5.32 Å². The summed E-state index contributed by atoms with van der Waals surface area (Å²) in [4.78, 5) is 45.4. The molecule has 5 N–H and O–H groups in total. The first-order valence-electron chi connectivity index (χ1n) is 18.1. The van der Waals surface area contributed by atoms with Gasteiger partial charge in [0.05, 0.1) is 23.0 Å². The van der Waals surface area contributed by atoms with Gasteiger partial charge >= 0.3 is 24.3 Å². The van der Waals surface area contributed by atoms with E-state index in [0.717, 1.165) is 49.9 Å². The van der Waals surface area contributed by atoms with Crippen LogP contribution in [0.15, 0.2) is 97.1 Å². The summed E-state index contributed by atoms with van der Waals surface area (Å²) in [5.41, 5.74) is 6.87. The molecule has 4 aromatic rings. The second-order valence-electron chi connectivity index (χ2n) is 13.8. The highest BCUT2D eigenvalue weighted by Gasteiger charge is 2.32. The molecule has 0 atom stereocenters. The van der Waals surface area contributed by atoms with Crippen LogP contribution in [0.2, 0.25) is 0 Å². The van der Waals surface area contributed by atoms with Gasteiger partial charge in [-0.1, -0.05) is 60.7 Å². The minimum atomic E-state index is -4.41. The number of carboxylic acid groups (broad SMARTS) is 2. The van der Waals surface area contributed by atoms with E-state index < -0.39 is 40.7 Å². The van der Waals surface area contributed by atoms with Gasteiger partial charge in [0, 0.05) is 23.2 Å². The molecule has 0 aromatic heterocycles. The zero-order valence-electron chi connectivity index (χ0n) is 30.5. The number of hydrogen-bond acceptors (Lipinski definition) is 5. The highest BCUT2D eigenvalue weighted by atomic mass is 35.5. The predicted octanol–water partition coefficient (Wildman–Crippen LogP) is 10.1. The van der Waals surface area contributed by atoms with Crippen molar-refractivity contribution in [1.29, 1.82) is 0 Å². The molecule has 4 aromatic carbocycles. The number of nitrogens with two attached hydrogens (primary N) is 1. The van der Waals surface area contributed by atoms with Gasteiger partial charge < -0.3 is 21.3 Å². The minimum Gasteiger partial charge on any atom is -0.481 e. The third-order valence-electron chi connectivity index (χ3n) is 9.89. The van der Waals surface area contributed by atoms with Gasteiger partial charge in [-0.05, 0) is 122 Å². The van der Waals surface area contributed by atoms with Gasteiger partial charge in [-0.2, -0.15) is 26.3 Å². The van der Waals surface area contributed by atoms with Crippen LogP contribution in [0.4, 0.5) is 26.3 Å². The van der Waals surface area contributed by atoms with Crippen molar-refractivity contribution in [2.24, 2.45) is 17.6 Å². The van der Waals surface area contributed by atoms with E-state index >= 15 is 0 Å². The number of carboxylic acids is 2. The number of nitrogens with one attached hydrogen (secondary N) is 1. The molecule has 0 radical (unpaired) electrons. The molecule has 0 spiro atoms. The number of halogens is 7. The van der Waals surface area contributed by atoms with Crippen LogP contribution in [-0.2, 0) is 21.9 Å². The minimum absolute atomic E-state index is 0.108. The monoisotopic (exact) mass is 818 g/mol. The summed E-state index contributed by atoms with van der Waals surface area (Å²) in [5, 5.41) is 19.9. The highest BCUT2D eigenvalue weighted by molar-refractivity contribution is 6.68. The van der Waals surface area contributed by atoms with Gasteiger partial charge in [-0.25, -0.2) is 0 Å². The number of rotatable bonds is 7. The van der Waals surface area contributed by atoms with Gasteiger partial charge in [0.25, 0.3) is 11.1 Å². The number of alkyl halides is 6. The van der Waals surface area contributed by atoms with E-state index in [-0.39, 0.29) is 35.4 Å². The molecule has 1 amide bonds. The van der Waals surface area contributed by atoms with Crippen LogP contribution in [0.5, 0.6) is 0 Å². The molecule has 2 aliphatic carbocycles. The first-order chi connectivity index (χ1) is 26.8. The van der Waals surface area contributed by atoms with E-state index in [1.54, 1.807) is 42.5 Å². The fraction of sp³-hybridized carbons (Fsp3) is 0.333. The van der Waals surface area contributed by atoms with Crippen molar-refractivity contribution < 1.29 is 55.7 Å². The van der Waals surface area contributed by atoms with Crippen molar-refractivity contribution >= 4 is 34.7 Å². The second-order valence-corrected chi connectivity index (χ2v) is 14.2. The van der Waals surface area contributed by atoms with Gasteiger partial charge in [0.2, 0.25) is 0 Å². The first kappa shape index (κ1) is 44.5. The zero-order valence-corrected chi connectivity index (χ0v) is 31.2. The molecule has 6 rings (SSSR count). The van der Waals surface area contributed by atoms with Crippen molar-refractivity contribution in [3.63, 3.8) is 0 Å². The number of benzene rings is 4. The summed E-state index contributed by atoms with van der Waals surface area (Å²) < 4.78 is 75.7. The smallest absolute Gasteiger partial charge is 0.416 e. The predicted molar refractivity (Wildman–Crippen MR) is 202 cm³/mol. The maximum Gasteiger partial charge on any atom is 0.416 e. The Hall–Kier alpha value is -5.21. The summed E-state index contributed by atoms with van der Waals surface area (Å²) in [6.45, 7) is 0. The summed E-state index contributed by atoms with van der Waals surface area (Å²) in [6, 6.07) is 22.7. The van der Waals surface area contributed by atoms with E-state index in [2.05, 4.69) is 5.32 Å². The zero-order chi connectivity index (χ0) is 41.9. The van der Waals surface area contributed by atoms with E-state index in [4.69, 9.17) is 27.5 Å². The summed E-state index contributed by atoms with van der Waals surface area (Å²) >= 11 is 5.44. The highest BCUT2D eigenvalue weighted by Crippen LogP contribution is 2.34. The molecule has 8 nitrogen and oxygen atoms in total. The summed E-state index contributed by atoms with van der Waals surface area (Å²) in [7, 11) is 0. The Morgan fingerprint density at radius 1 is 0.561 bits per heavy atom. The van der Waals surface area contributed by atoms with E-state index in [1.165, 1.54) is 30.3 Å². The fourth-order valence-electron chi connectivity index (χ4n) is 6.63. The standard InChI is InChI=1S/C21H20F3NO3.C14H8ClF3O.C7H13NO2/c22-21(23,24)15-9-5-13(6-10-15)17-3-1-2-4-18(17)19(26)25-16-11-7-14(8-12-16)20(27)28;15-13(19)12-4-2-1-3-11(12)9-5-7-10(8-6-9)14(16,17)18;8-6-3-1-5(2-4-6)7(9)10/h1-6,9-10,14,16H,7-8,11-12H2,(H,25,26)(H,27,28);1-8H;5-6H,1-4,8H2,(H,9,10). The van der Waals surface area contributed by atoms with E-state index in [1.807, 2.05) is 0 Å². The Balaban J connectivity index is 0.000000213. The largest absolute Gasteiger partial charge is 0.481 e. The Morgan fingerprint density at radius 2 is 0.930 bits per heavy atom. The molecular weight excluding hydrogens is 778 g/mol. The number of carbonyl (C=O) groups is 4. The number of carbonyl (C=O) groups excluding carboxylic acids is 2. The van der Waals surface area contributed by atoms with Crippen LogP contribution in [0, 0.1) is 11.8 Å². The molecule has 2 saturated carbocycles. The first-order valence-corrected chi connectivity index (χ1v) is 18.5. The molecule has 0 bridgehead atoms. The van der Waals surface area contributed by atoms with Crippen LogP contribution in [0.1, 0.15) is 83.2 Å². The average Bonchev–Trinajstić information content (AvgIpc) is 3.18. The molecule has 2 fully saturated rings. The van der Waals surface area contributed by atoms with Crippen molar-refractivity contribution in [3.8, 4) is 22.3 Å². The molecule has 0 heterocycles. The Kier molecular flexibility index (Phi) is 15.4. The molecule has 304 valence electrons. The molecule has 0 aliphatic heterocycles. The Bertz CT molecular complexity index is 1990. The quantitative estimate of drug-likeness (QED) is 0.107. The van der Waals surface area contributed by atoms with Gasteiger partial charge in [0.15, 0.2) is 0 Å². The maximum atomic E-state index is 12.8. The van der Waals surface area contributed by atoms with Crippen molar-refractivity contribution in [2.75, 3.05) is 0 Å². The Labute approximate surface area is 330 Å². The summed E-state index contributed by atoms with van der Waals surface area (Å²) in [5.74, 6) is -2.27. The topological polar surface area (TPSA) is 147 Å². The molecule has 15 heteroatoms. The normalized spacial score (nSPS) is 19.4. The molecule has 0 unspecified atom stereocenters. The Morgan fingerprint density at radius 3 is 1.32 bits per heavy atom. The second kappa shape index (κ2) is 19.8. The average molecular weight is 819 g/mol. The lowest BCUT2D eigenvalue weighted by Gasteiger charge is -2.27. The molecular formula is C42H41ClF6N2O6. The number of aliphatic carboxylic acids is 2.